The fourth-order valence-electron chi connectivity index (χ4n) is 2.19. The number of hydrogen-bond donors (Lipinski definition) is 2. The summed E-state index contributed by atoms with van der Waals surface area (Å²) in [5.74, 6) is -0.260. The molecule has 9 heteroatoms. The van der Waals surface area contributed by atoms with E-state index in [0.29, 0.717) is 28.1 Å². The third-order valence-electron chi connectivity index (χ3n) is 3.27. The largest absolute Gasteiger partial charge is 0.371 e. The lowest BCUT2D eigenvalue weighted by atomic mass is 10.2. The van der Waals surface area contributed by atoms with Crippen molar-refractivity contribution in [1.29, 1.82) is 10.5 Å². The number of nitriles is 2. The maximum Gasteiger partial charge on any atom is 0.252 e. The third kappa shape index (κ3) is 2.58. The molecular weight excluding hydrogens is 308 g/mol. The summed E-state index contributed by atoms with van der Waals surface area (Å²) in [6, 6.07) is 7.17. The third-order valence-corrected chi connectivity index (χ3v) is 3.27. The average molecular weight is 318 g/mol. The van der Waals surface area contributed by atoms with Gasteiger partial charge in [0, 0.05) is 23.8 Å². The molecule has 0 aromatic carbocycles. The zero-order chi connectivity index (χ0) is 17.1. The second kappa shape index (κ2) is 6.02. The summed E-state index contributed by atoms with van der Waals surface area (Å²) >= 11 is 0. The molecule has 0 bridgehead atoms. The van der Waals surface area contributed by atoms with Gasteiger partial charge in [0.15, 0.2) is 11.5 Å². The standard InChI is InChI=1S/C15H10N8O/c16-1-2-19-12-4-13(20-8-11(12)14(18)24)23-15-10(7-22-23)3-9(5-17)6-21-15/h3-4,6-8H,2H2,(H2,18,24)(H,19,20). The molecule has 0 aliphatic carbocycles. The van der Waals surface area contributed by atoms with Gasteiger partial charge in [0.05, 0.1) is 29.1 Å². The Labute approximate surface area is 136 Å². The lowest BCUT2D eigenvalue weighted by molar-refractivity contribution is 0.100. The van der Waals surface area contributed by atoms with E-state index in [1.165, 1.54) is 17.1 Å². The van der Waals surface area contributed by atoms with E-state index in [1.54, 1.807) is 18.3 Å². The molecule has 3 rings (SSSR count). The average Bonchev–Trinajstić information content (AvgIpc) is 3.02. The molecule has 0 atom stereocenters. The number of carbonyl (C=O) groups is 1. The zero-order valence-corrected chi connectivity index (χ0v) is 12.3. The number of rotatable bonds is 4. The van der Waals surface area contributed by atoms with Crippen molar-refractivity contribution in [1.82, 2.24) is 19.7 Å². The van der Waals surface area contributed by atoms with Gasteiger partial charge in [-0.2, -0.15) is 20.3 Å². The minimum absolute atomic E-state index is 0.00731. The van der Waals surface area contributed by atoms with Crippen LogP contribution in [-0.4, -0.2) is 32.2 Å². The second-order valence-corrected chi connectivity index (χ2v) is 4.77. The van der Waals surface area contributed by atoms with Crippen LogP contribution in [0, 0.1) is 22.7 Å². The van der Waals surface area contributed by atoms with Gasteiger partial charge in [-0.25, -0.2) is 9.97 Å². The lowest BCUT2D eigenvalue weighted by Gasteiger charge is -2.09. The summed E-state index contributed by atoms with van der Waals surface area (Å²) in [5, 5.41) is 25.3. The molecule has 9 nitrogen and oxygen atoms in total. The van der Waals surface area contributed by atoms with Crippen LogP contribution in [0.3, 0.4) is 0 Å². The molecule has 0 radical (unpaired) electrons. The molecule has 0 aliphatic rings. The molecule has 24 heavy (non-hydrogen) atoms. The summed E-state index contributed by atoms with van der Waals surface area (Å²) in [6.45, 7) is 0.00731. The van der Waals surface area contributed by atoms with E-state index in [2.05, 4.69) is 20.4 Å². The summed E-state index contributed by atoms with van der Waals surface area (Å²) in [6.07, 6.45) is 4.32. The number of anilines is 1. The summed E-state index contributed by atoms with van der Waals surface area (Å²) in [7, 11) is 0. The minimum atomic E-state index is -0.656. The zero-order valence-electron chi connectivity index (χ0n) is 12.3. The second-order valence-electron chi connectivity index (χ2n) is 4.77. The molecule has 0 spiro atoms. The highest BCUT2D eigenvalue weighted by molar-refractivity contribution is 5.98. The van der Waals surface area contributed by atoms with Gasteiger partial charge in [0.25, 0.3) is 5.91 Å². The predicted molar refractivity (Wildman–Crippen MR) is 84.0 cm³/mol. The van der Waals surface area contributed by atoms with Gasteiger partial charge in [0.1, 0.15) is 12.6 Å². The maximum atomic E-state index is 11.5. The monoisotopic (exact) mass is 318 g/mol. The van der Waals surface area contributed by atoms with Gasteiger partial charge in [-0.05, 0) is 6.07 Å². The van der Waals surface area contributed by atoms with Gasteiger partial charge in [-0.15, -0.1) is 0 Å². The van der Waals surface area contributed by atoms with E-state index in [0.717, 1.165) is 0 Å². The van der Waals surface area contributed by atoms with Crippen molar-refractivity contribution in [3.8, 4) is 18.0 Å². The predicted octanol–water partition coefficient (Wildman–Crippen LogP) is 0.722. The smallest absolute Gasteiger partial charge is 0.252 e. The van der Waals surface area contributed by atoms with E-state index < -0.39 is 5.91 Å². The number of nitrogens with one attached hydrogen (secondary N) is 1. The molecule has 0 saturated carbocycles. The van der Waals surface area contributed by atoms with Crippen LogP contribution in [0.4, 0.5) is 5.69 Å². The first-order valence-corrected chi connectivity index (χ1v) is 6.79. The summed E-state index contributed by atoms with van der Waals surface area (Å²) in [5.41, 5.74) is 6.80. The number of nitrogens with zero attached hydrogens (tertiary/aromatic N) is 6. The Bertz CT molecular complexity index is 1020. The number of pyridine rings is 2. The molecule has 1 amide bonds. The van der Waals surface area contributed by atoms with Crippen molar-refractivity contribution in [2.24, 2.45) is 5.73 Å². The van der Waals surface area contributed by atoms with Crippen molar-refractivity contribution < 1.29 is 4.79 Å². The first-order valence-electron chi connectivity index (χ1n) is 6.79. The molecule has 0 saturated heterocycles. The SMILES string of the molecule is N#CCNc1cc(-n2ncc3cc(C#N)cnc32)ncc1C(N)=O. The van der Waals surface area contributed by atoms with Crippen LogP contribution in [0.2, 0.25) is 0 Å². The molecular formula is C15H10N8O. The molecule has 116 valence electrons. The Kier molecular flexibility index (Phi) is 3.75. The fraction of sp³-hybridized carbons (Fsp3) is 0.0667. The number of fused-ring (bicyclic) bond motifs is 1. The molecule has 3 N–H and O–H groups in total. The van der Waals surface area contributed by atoms with Gasteiger partial charge >= 0.3 is 0 Å². The first-order chi connectivity index (χ1) is 11.6. The van der Waals surface area contributed by atoms with Crippen molar-refractivity contribution in [2.75, 3.05) is 11.9 Å². The van der Waals surface area contributed by atoms with Crippen molar-refractivity contribution in [3.05, 3.63) is 41.9 Å². The van der Waals surface area contributed by atoms with Crippen molar-refractivity contribution in [2.45, 2.75) is 0 Å². The number of carbonyl (C=O) groups excluding carboxylic acids is 1. The van der Waals surface area contributed by atoms with E-state index >= 15 is 0 Å². The molecule has 3 heterocycles. The molecule has 0 unspecified atom stereocenters. The number of amides is 1. The van der Waals surface area contributed by atoms with E-state index in [4.69, 9.17) is 16.3 Å². The van der Waals surface area contributed by atoms with Gasteiger partial charge in [0.2, 0.25) is 0 Å². The van der Waals surface area contributed by atoms with Crippen LogP contribution in [0.1, 0.15) is 15.9 Å². The van der Waals surface area contributed by atoms with Crippen LogP contribution in [0.25, 0.3) is 16.9 Å². The minimum Gasteiger partial charge on any atom is -0.371 e. The number of nitrogens with two attached hydrogens (primary N) is 1. The summed E-state index contributed by atoms with van der Waals surface area (Å²) in [4.78, 5) is 19.8. The Balaban J connectivity index is 2.11. The Morgan fingerprint density at radius 1 is 1.25 bits per heavy atom. The Morgan fingerprint density at radius 3 is 2.79 bits per heavy atom. The topological polar surface area (TPSA) is 146 Å². The molecule has 0 aliphatic heterocycles. The van der Waals surface area contributed by atoms with E-state index in [-0.39, 0.29) is 12.1 Å². The maximum absolute atomic E-state index is 11.5. The fourth-order valence-corrected chi connectivity index (χ4v) is 2.19. The highest BCUT2D eigenvalue weighted by Crippen LogP contribution is 2.21. The quantitative estimate of drug-likeness (QED) is 0.674. The van der Waals surface area contributed by atoms with Crippen LogP contribution >= 0.6 is 0 Å². The van der Waals surface area contributed by atoms with Crippen LogP contribution < -0.4 is 11.1 Å². The highest BCUT2D eigenvalue weighted by atomic mass is 16.1. The van der Waals surface area contributed by atoms with Crippen molar-refractivity contribution >= 4 is 22.6 Å². The van der Waals surface area contributed by atoms with Crippen LogP contribution in [-0.2, 0) is 0 Å². The Morgan fingerprint density at radius 2 is 2.08 bits per heavy atom. The Hall–Kier alpha value is -3.98. The van der Waals surface area contributed by atoms with Gasteiger partial charge < -0.3 is 11.1 Å². The van der Waals surface area contributed by atoms with E-state index in [1.807, 2.05) is 12.1 Å². The highest BCUT2D eigenvalue weighted by Gasteiger charge is 2.13. The van der Waals surface area contributed by atoms with Gasteiger partial charge in [-0.3, -0.25) is 4.79 Å². The number of aromatic nitrogens is 4. The van der Waals surface area contributed by atoms with Crippen molar-refractivity contribution in [3.63, 3.8) is 0 Å². The molecule has 3 aromatic heterocycles. The first kappa shape index (κ1) is 14.9. The van der Waals surface area contributed by atoms with Gasteiger partial charge in [-0.1, -0.05) is 0 Å². The van der Waals surface area contributed by atoms with E-state index in [9.17, 15) is 4.79 Å². The molecule has 3 aromatic rings. The van der Waals surface area contributed by atoms with Crippen LogP contribution in [0.15, 0.2) is 30.7 Å². The number of primary amides is 1. The van der Waals surface area contributed by atoms with Crippen LogP contribution in [0.5, 0.6) is 0 Å². The lowest BCUT2D eigenvalue weighted by Crippen LogP contribution is -2.16. The summed E-state index contributed by atoms with van der Waals surface area (Å²) < 4.78 is 1.47. The normalized spacial score (nSPS) is 10.1. The molecule has 0 fully saturated rings. The number of hydrogen-bond acceptors (Lipinski definition) is 7.